The SMILES string of the molecule is O=c1c2cc(F)ccc2ncn1CC1CCCCO1. The van der Waals surface area contributed by atoms with Crippen LogP contribution in [0.3, 0.4) is 0 Å². The highest BCUT2D eigenvalue weighted by molar-refractivity contribution is 5.77. The maximum atomic E-state index is 13.2. The number of aromatic nitrogens is 2. The first-order valence-corrected chi connectivity index (χ1v) is 6.50. The van der Waals surface area contributed by atoms with Gasteiger partial charge in [-0.25, -0.2) is 9.37 Å². The fourth-order valence-electron chi connectivity index (χ4n) is 2.43. The van der Waals surface area contributed by atoms with Gasteiger partial charge in [0.1, 0.15) is 5.82 Å². The molecule has 1 saturated heterocycles. The Bertz CT molecular complexity index is 647. The van der Waals surface area contributed by atoms with E-state index in [1.54, 1.807) is 0 Å². The van der Waals surface area contributed by atoms with Gasteiger partial charge in [-0.05, 0) is 37.5 Å². The summed E-state index contributed by atoms with van der Waals surface area (Å²) in [5.74, 6) is -0.418. The molecule has 1 aromatic heterocycles. The van der Waals surface area contributed by atoms with Crippen LogP contribution in [0.15, 0.2) is 29.3 Å². The van der Waals surface area contributed by atoms with Crippen molar-refractivity contribution >= 4 is 10.9 Å². The van der Waals surface area contributed by atoms with E-state index < -0.39 is 5.82 Å². The first-order valence-electron chi connectivity index (χ1n) is 6.50. The van der Waals surface area contributed by atoms with Crippen LogP contribution in [0, 0.1) is 5.82 Å². The van der Waals surface area contributed by atoms with Crippen LogP contribution >= 0.6 is 0 Å². The Morgan fingerprint density at radius 2 is 2.32 bits per heavy atom. The molecule has 1 aliphatic rings. The summed E-state index contributed by atoms with van der Waals surface area (Å²) in [5, 5.41) is 0.318. The molecule has 3 rings (SSSR count). The normalized spacial score (nSPS) is 19.7. The Kier molecular flexibility index (Phi) is 3.29. The van der Waals surface area contributed by atoms with Crippen molar-refractivity contribution in [2.24, 2.45) is 0 Å². The van der Waals surface area contributed by atoms with Crippen LogP contribution in [0.1, 0.15) is 19.3 Å². The third-order valence-corrected chi connectivity index (χ3v) is 3.46. The molecule has 1 aromatic carbocycles. The summed E-state index contributed by atoms with van der Waals surface area (Å²) >= 11 is 0. The van der Waals surface area contributed by atoms with E-state index in [4.69, 9.17) is 4.74 Å². The molecule has 2 aromatic rings. The summed E-state index contributed by atoms with van der Waals surface area (Å²) in [6.45, 7) is 1.23. The van der Waals surface area contributed by atoms with Crippen LogP contribution < -0.4 is 5.56 Å². The second kappa shape index (κ2) is 5.09. The van der Waals surface area contributed by atoms with Gasteiger partial charge in [-0.1, -0.05) is 0 Å². The highest BCUT2D eigenvalue weighted by Crippen LogP contribution is 2.14. The predicted octanol–water partition coefficient (Wildman–Crippen LogP) is 2.10. The summed E-state index contributed by atoms with van der Waals surface area (Å²) in [6, 6.07) is 4.07. The minimum atomic E-state index is -0.418. The molecular weight excluding hydrogens is 247 g/mol. The van der Waals surface area contributed by atoms with Crippen molar-refractivity contribution < 1.29 is 9.13 Å². The second-order valence-electron chi connectivity index (χ2n) is 4.85. The highest BCUT2D eigenvalue weighted by atomic mass is 19.1. The monoisotopic (exact) mass is 262 g/mol. The zero-order chi connectivity index (χ0) is 13.2. The Labute approximate surface area is 109 Å². The van der Waals surface area contributed by atoms with Gasteiger partial charge in [0.2, 0.25) is 0 Å². The van der Waals surface area contributed by atoms with Gasteiger partial charge in [0.15, 0.2) is 0 Å². The number of rotatable bonds is 2. The molecule has 0 N–H and O–H groups in total. The molecule has 4 nitrogen and oxygen atoms in total. The van der Waals surface area contributed by atoms with Crippen molar-refractivity contribution in [3.8, 4) is 0 Å². The summed E-state index contributed by atoms with van der Waals surface area (Å²) in [5.41, 5.74) is 0.311. The molecule has 1 aliphatic heterocycles. The van der Waals surface area contributed by atoms with Crippen molar-refractivity contribution in [1.29, 1.82) is 0 Å². The lowest BCUT2D eigenvalue weighted by Gasteiger charge is -2.23. The van der Waals surface area contributed by atoms with Crippen molar-refractivity contribution in [2.75, 3.05) is 6.61 Å². The predicted molar refractivity (Wildman–Crippen MR) is 69.6 cm³/mol. The Hall–Kier alpha value is -1.75. The molecule has 0 amide bonds. The molecule has 0 spiro atoms. The molecule has 2 heterocycles. The van der Waals surface area contributed by atoms with E-state index in [0.717, 1.165) is 25.9 Å². The van der Waals surface area contributed by atoms with Gasteiger partial charge >= 0.3 is 0 Å². The average Bonchev–Trinajstić information content (AvgIpc) is 2.44. The lowest BCUT2D eigenvalue weighted by atomic mass is 10.1. The Morgan fingerprint density at radius 1 is 1.42 bits per heavy atom. The number of benzene rings is 1. The van der Waals surface area contributed by atoms with E-state index >= 15 is 0 Å². The van der Waals surface area contributed by atoms with Crippen LogP contribution in [0.4, 0.5) is 4.39 Å². The maximum Gasteiger partial charge on any atom is 0.261 e. The summed E-state index contributed by atoms with van der Waals surface area (Å²) in [4.78, 5) is 16.4. The van der Waals surface area contributed by atoms with Gasteiger partial charge < -0.3 is 4.74 Å². The second-order valence-corrected chi connectivity index (χ2v) is 4.85. The van der Waals surface area contributed by atoms with Crippen molar-refractivity contribution in [1.82, 2.24) is 9.55 Å². The van der Waals surface area contributed by atoms with Crippen molar-refractivity contribution in [2.45, 2.75) is 31.9 Å². The third-order valence-electron chi connectivity index (χ3n) is 3.46. The minimum absolute atomic E-state index is 0.0549. The van der Waals surface area contributed by atoms with E-state index in [1.165, 1.54) is 29.1 Å². The van der Waals surface area contributed by atoms with Gasteiger partial charge in [-0.3, -0.25) is 9.36 Å². The van der Waals surface area contributed by atoms with Crippen LogP contribution in [0.2, 0.25) is 0 Å². The van der Waals surface area contributed by atoms with Crippen molar-refractivity contribution in [3.05, 3.63) is 40.7 Å². The van der Waals surface area contributed by atoms with E-state index in [2.05, 4.69) is 4.98 Å². The smallest absolute Gasteiger partial charge is 0.261 e. The first kappa shape index (κ1) is 12.3. The third kappa shape index (κ3) is 2.51. The molecule has 1 atom stereocenters. The summed E-state index contributed by atoms with van der Waals surface area (Å²) < 4.78 is 20.3. The molecular formula is C14H15FN2O2. The minimum Gasteiger partial charge on any atom is -0.376 e. The summed E-state index contributed by atoms with van der Waals surface area (Å²) in [6.07, 6.45) is 4.72. The van der Waals surface area contributed by atoms with E-state index in [9.17, 15) is 9.18 Å². The Balaban J connectivity index is 1.95. The number of halogens is 1. The molecule has 1 fully saturated rings. The highest BCUT2D eigenvalue weighted by Gasteiger charge is 2.15. The van der Waals surface area contributed by atoms with Gasteiger partial charge in [-0.2, -0.15) is 0 Å². The van der Waals surface area contributed by atoms with E-state index in [-0.39, 0.29) is 11.7 Å². The fraction of sp³-hybridized carbons (Fsp3) is 0.429. The number of hydrogen-bond donors (Lipinski definition) is 0. The van der Waals surface area contributed by atoms with Gasteiger partial charge in [0, 0.05) is 6.61 Å². The lowest BCUT2D eigenvalue weighted by Crippen LogP contribution is -2.30. The largest absolute Gasteiger partial charge is 0.376 e. The number of nitrogens with zero attached hydrogens (tertiary/aromatic N) is 2. The fourth-order valence-corrected chi connectivity index (χ4v) is 2.43. The van der Waals surface area contributed by atoms with Gasteiger partial charge in [-0.15, -0.1) is 0 Å². The zero-order valence-corrected chi connectivity index (χ0v) is 10.5. The van der Waals surface area contributed by atoms with E-state index in [0.29, 0.717) is 17.4 Å². The molecule has 0 aliphatic carbocycles. The molecule has 5 heteroatoms. The zero-order valence-electron chi connectivity index (χ0n) is 10.5. The Morgan fingerprint density at radius 3 is 3.11 bits per heavy atom. The molecule has 100 valence electrons. The first-order chi connectivity index (χ1) is 9.24. The summed E-state index contributed by atoms with van der Waals surface area (Å²) in [7, 11) is 0. The van der Waals surface area contributed by atoms with Crippen LogP contribution in [0.5, 0.6) is 0 Å². The molecule has 0 saturated carbocycles. The molecule has 19 heavy (non-hydrogen) atoms. The molecule has 0 bridgehead atoms. The number of fused-ring (bicyclic) bond motifs is 1. The average molecular weight is 262 g/mol. The van der Waals surface area contributed by atoms with E-state index in [1.807, 2.05) is 0 Å². The van der Waals surface area contributed by atoms with Crippen molar-refractivity contribution in [3.63, 3.8) is 0 Å². The maximum absolute atomic E-state index is 13.2. The quantitative estimate of drug-likeness (QED) is 0.832. The van der Waals surface area contributed by atoms with Gasteiger partial charge in [0.25, 0.3) is 5.56 Å². The number of hydrogen-bond acceptors (Lipinski definition) is 3. The lowest BCUT2D eigenvalue weighted by molar-refractivity contribution is 0.00535. The van der Waals surface area contributed by atoms with Gasteiger partial charge in [0.05, 0.1) is 29.9 Å². The van der Waals surface area contributed by atoms with Crippen LogP contribution in [-0.2, 0) is 11.3 Å². The molecule has 1 unspecified atom stereocenters. The molecule has 0 radical (unpaired) electrons. The van der Waals surface area contributed by atoms with Crippen LogP contribution in [-0.4, -0.2) is 22.3 Å². The number of ether oxygens (including phenoxy) is 1. The topological polar surface area (TPSA) is 44.1 Å². The standard InChI is InChI=1S/C14H15FN2O2/c15-10-4-5-13-12(7-10)14(18)17(9-16-13)8-11-3-1-2-6-19-11/h4-5,7,9,11H,1-3,6,8H2. The van der Waals surface area contributed by atoms with Crippen LogP contribution in [0.25, 0.3) is 10.9 Å².